The first-order valence-corrected chi connectivity index (χ1v) is 9.91. The molecule has 0 aliphatic rings. The summed E-state index contributed by atoms with van der Waals surface area (Å²) in [5.74, 6) is -0.787. The molecule has 0 radical (unpaired) electrons. The molecule has 0 spiro atoms. The Morgan fingerprint density at radius 3 is 1.83 bits per heavy atom. The summed E-state index contributed by atoms with van der Waals surface area (Å²) in [5, 5.41) is 8.73. The van der Waals surface area contributed by atoms with Crippen LogP contribution in [0.3, 0.4) is 0 Å². The third-order valence-electron chi connectivity index (χ3n) is 4.04. The van der Waals surface area contributed by atoms with Crippen molar-refractivity contribution < 1.29 is 19.4 Å². The van der Waals surface area contributed by atoms with E-state index in [1.807, 2.05) is 13.8 Å². The maximum atomic E-state index is 10.9. The number of carbonyl (C=O) groups excluding carboxylic acids is 1. The van der Waals surface area contributed by atoms with Crippen molar-refractivity contribution in [2.45, 2.75) is 105 Å². The van der Waals surface area contributed by atoms with Crippen molar-refractivity contribution in [3.63, 3.8) is 0 Å². The predicted octanol–water partition coefficient (Wildman–Crippen LogP) is 5.98. The smallest absolute Gasteiger partial charge is 0.306 e. The van der Waals surface area contributed by atoms with Gasteiger partial charge >= 0.3 is 11.9 Å². The van der Waals surface area contributed by atoms with E-state index >= 15 is 0 Å². The molecule has 0 saturated carbocycles. The molecule has 1 atom stereocenters. The molecule has 0 saturated heterocycles. The molecule has 0 aliphatic heterocycles. The lowest BCUT2D eigenvalue weighted by molar-refractivity contribution is -0.143. The van der Waals surface area contributed by atoms with Crippen LogP contribution in [0.1, 0.15) is 105 Å². The van der Waals surface area contributed by atoms with Gasteiger partial charge in [0.1, 0.15) is 0 Å². The van der Waals surface area contributed by atoms with E-state index in [0.717, 1.165) is 32.1 Å². The normalized spacial score (nSPS) is 11.3. The van der Waals surface area contributed by atoms with Crippen molar-refractivity contribution in [1.29, 1.82) is 0 Å². The zero-order chi connectivity index (χ0) is 18.6. The number of unbranched alkanes of at least 4 members (excludes halogenated alkanes) is 7. The number of hydrogen-bond acceptors (Lipinski definition) is 3. The second-order valence-electron chi connectivity index (χ2n) is 6.26. The Bertz CT molecular complexity index is 287. The maximum absolute atomic E-state index is 10.9. The van der Waals surface area contributed by atoms with Crippen LogP contribution < -0.4 is 0 Å². The van der Waals surface area contributed by atoms with Gasteiger partial charge in [0.05, 0.1) is 12.5 Å². The molecule has 0 heterocycles. The van der Waals surface area contributed by atoms with Gasteiger partial charge in [-0.3, -0.25) is 9.59 Å². The maximum Gasteiger partial charge on any atom is 0.306 e. The van der Waals surface area contributed by atoms with Gasteiger partial charge in [-0.1, -0.05) is 72.1 Å². The van der Waals surface area contributed by atoms with Crippen molar-refractivity contribution in [1.82, 2.24) is 0 Å². The molecule has 0 bridgehead atoms. The van der Waals surface area contributed by atoms with Gasteiger partial charge in [0.15, 0.2) is 0 Å². The minimum absolute atomic E-state index is 0.0472. The summed E-state index contributed by atoms with van der Waals surface area (Å²) >= 11 is 0. The van der Waals surface area contributed by atoms with Gasteiger partial charge < -0.3 is 9.84 Å². The highest BCUT2D eigenvalue weighted by Crippen LogP contribution is 2.14. The zero-order valence-corrected chi connectivity index (χ0v) is 16.4. The van der Waals surface area contributed by atoms with Crippen LogP contribution in [0, 0.1) is 5.92 Å². The first kappa shape index (κ1) is 25.2. The number of aliphatic carboxylic acids is 1. The van der Waals surface area contributed by atoms with Gasteiger partial charge in [-0.25, -0.2) is 0 Å². The van der Waals surface area contributed by atoms with Gasteiger partial charge in [-0.2, -0.15) is 0 Å². The number of rotatable bonds is 14. The van der Waals surface area contributed by atoms with Crippen molar-refractivity contribution >= 4 is 11.9 Å². The number of carboxylic acid groups (broad SMARTS) is 1. The van der Waals surface area contributed by atoms with Crippen molar-refractivity contribution in [2.75, 3.05) is 6.61 Å². The number of carboxylic acids is 1. The zero-order valence-electron chi connectivity index (χ0n) is 16.4. The van der Waals surface area contributed by atoms with Crippen molar-refractivity contribution in [3.05, 3.63) is 0 Å². The second kappa shape index (κ2) is 20.0. The fourth-order valence-electron chi connectivity index (χ4n) is 2.43. The molecule has 4 heteroatoms. The molecule has 0 aliphatic carbocycles. The Labute approximate surface area is 149 Å². The molecule has 0 amide bonds. The van der Waals surface area contributed by atoms with Crippen molar-refractivity contribution in [3.8, 4) is 0 Å². The van der Waals surface area contributed by atoms with Crippen LogP contribution in [0.4, 0.5) is 0 Å². The Morgan fingerprint density at radius 1 is 0.833 bits per heavy atom. The van der Waals surface area contributed by atoms with Crippen LogP contribution in [-0.4, -0.2) is 23.7 Å². The summed E-state index contributed by atoms with van der Waals surface area (Å²) < 4.78 is 4.81. The van der Waals surface area contributed by atoms with E-state index < -0.39 is 5.97 Å². The highest BCUT2D eigenvalue weighted by Gasteiger charge is 2.13. The molecular formula is C20H40O4. The summed E-state index contributed by atoms with van der Waals surface area (Å²) in [5.41, 5.74) is 0. The van der Waals surface area contributed by atoms with E-state index in [0.29, 0.717) is 13.0 Å². The third kappa shape index (κ3) is 19.0. The molecule has 24 heavy (non-hydrogen) atoms. The Kier molecular flexibility index (Phi) is 21.0. The van der Waals surface area contributed by atoms with E-state index in [2.05, 4.69) is 13.8 Å². The molecule has 4 nitrogen and oxygen atoms in total. The lowest BCUT2D eigenvalue weighted by Crippen LogP contribution is -2.12. The summed E-state index contributed by atoms with van der Waals surface area (Å²) in [6, 6.07) is 0. The van der Waals surface area contributed by atoms with Gasteiger partial charge in [-0.15, -0.1) is 0 Å². The van der Waals surface area contributed by atoms with E-state index in [1.165, 1.54) is 38.5 Å². The summed E-state index contributed by atoms with van der Waals surface area (Å²) in [6.45, 7) is 8.64. The monoisotopic (exact) mass is 344 g/mol. The molecule has 0 rings (SSSR count). The van der Waals surface area contributed by atoms with Gasteiger partial charge in [0, 0.05) is 6.42 Å². The summed E-state index contributed by atoms with van der Waals surface area (Å²) in [4.78, 5) is 21.4. The summed E-state index contributed by atoms with van der Waals surface area (Å²) in [6.07, 6.45) is 12.8. The fourth-order valence-corrected chi connectivity index (χ4v) is 2.43. The topological polar surface area (TPSA) is 63.6 Å². The largest absolute Gasteiger partial charge is 0.481 e. The standard InChI is InChI=1S/2C10H20O2/c1-3-5-6-7-8-9-10(11)12-4-2;1-3-5-6-7-8-9(4-2)10(11)12/h3-9H2,1-2H3;9H,3-8H2,1-2H3,(H,11,12). The van der Waals surface area contributed by atoms with E-state index in [4.69, 9.17) is 9.84 Å². The first-order valence-electron chi connectivity index (χ1n) is 9.91. The van der Waals surface area contributed by atoms with Crippen molar-refractivity contribution in [2.24, 2.45) is 5.92 Å². The predicted molar refractivity (Wildman–Crippen MR) is 100 cm³/mol. The Hall–Kier alpha value is -1.06. The quantitative estimate of drug-likeness (QED) is 0.311. The van der Waals surface area contributed by atoms with E-state index in [9.17, 15) is 9.59 Å². The molecule has 0 fully saturated rings. The number of esters is 1. The average Bonchev–Trinajstić information content (AvgIpc) is 2.55. The average molecular weight is 345 g/mol. The lowest BCUT2D eigenvalue weighted by atomic mass is 9.99. The molecule has 0 aromatic heterocycles. The summed E-state index contributed by atoms with van der Waals surface area (Å²) in [7, 11) is 0. The number of hydrogen-bond donors (Lipinski definition) is 1. The Morgan fingerprint density at radius 2 is 1.38 bits per heavy atom. The van der Waals surface area contributed by atoms with Gasteiger partial charge in [0.25, 0.3) is 0 Å². The number of ether oxygens (including phenoxy) is 1. The molecule has 0 aromatic rings. The van der Waals surface area contributed by atoms with Crippen LogP contribution in [-0.2, 0) is 14.3 Å². The first-order chi connectivity index (χ1) is 11.5. The third-order valence-corrected chi connectivity index (χ3v) is 4.04. The van der Waals surface area contributed by atoms with Crippen LogP contribution >= 0.6 is 0 Å². The lowest BCUT2D eigenvalue weighted by Gasteiger charge is -2.08. The van der Waals surface area contributed by atoms with E-state index in [1.54, 1.807) is 0 Å². The van der Waals surface area contributed by atoms with Crippen LogP contribution in [0.5, 0.6) is 0 Å². The fraction of sp³-hybridized carbons (Fsp3) is 0.900. The highest BCUT2D eigenvalue weighted by molar-refractivity contribution is 5.69. The molecule has 1 unspecified atom stereocenters. The molecule has 144 valence electrons. The van der Waals surface area contributed by atoms with Gasteiger partial charge in [0.2, 0.25) is 0 Å². The van der Waals surface area contributed by atoms with Crippen LogP contribution in [0.25, 0.3) is 0 Å². The minimum atomic E-state index is -0.631. The second-order valence-corrected chi connectivity index (χ2v) is 6.26. The number of carbonyl (C=O) groups is 2. The van der Waals surface area contributed by atoms with Gasteiger partial charge in [-0.05, 0) is 26.2 Å². The van der Waals surface area contributed by atoms with Crippen LogP contribution in [0.15, 0.2) is 0 Å². The molecule has 1 N–H and O–H groups in total. The minimum Gasteiger partial charge on any atom is -0.481 e. The Balaban J connectivity index is 0. The van der Waals surface area contributed by atoms with Crippen LogP contribution in [0.2, 0.25) is 0 Å². The molecular weight excluding hydrogens is 304 g/mol. The highest BCUT2D eigenvalue weighted by atomic mass is 16.5. The van der Waals surface area contributed by atoms with E-state index in [-0.39, 0.29) is 11.9 Å². The molecule has 0 aromatic carbocycles. The SMILES string of the molecule is CCCCCCC(CC)C(=O)O.CCCCCCCC(=O)OCC.